The van der Waals surface area contributed by atoms with E-state index in [9.17, 15) is 14.4 Å². The Morgan fingerprint density at radius 3 is 2.60 bits per heavy atom. The zero-order valence-corrected chi connectivity index (χ0v) is 16.2. The van der Waals surface area contributed by atoms with Gasteiger partial charge in [-0.25, -0.2) is 0 Å². The maximum absolute atomic E-state index is 12.7. The minimum Gasteiger partial charge on any atom is -0.492 e. The first-order valence-corrected chi connectivity index (χ1v) is 9.58. The lowest BCUT2D eigenvalue weighted by atomic mass is 10.1. The molecule has 0 radical (unpaired) electrons. The number of hydrogen-bond donors (Lipinski definition) is 1. The third kappa shape index (κ3) is 4.38. The Morgan fingerprint density at radius 1 is 1.03 bits per heavy atom. The van der Waals surface area contributed by atoms with Crippen molar-refractivity contribution in [1.29, 1.82) is 0 Å². The molecule has 2 aromatic carbocycles. The topological polar surface area (TPSA) is 93.5 Å². The lowest BCUT2D eigenvalue weighted by Gasteiger charge is -2.15. The Kier molecular flexibility index (Phi) is 5.56. The van der Waals surface area contributed by atoms with Crippen molar-refractivity contribution in [3.8, 4) is 5.75 Å². The molecule has 8 nitrogen and oxygen atoms in total. The second-order valence-corrected chi connectivity index (χ2v) is 6.77. The highest BCUT2D eigenvalue weighted by Crippen LogP contribution is 2.24. The SMILES string of the molecule is O=C(Nc1cccc(OCCn2cccn2)c1)c1cccc(N2C(=O)CCC2=O)c1. The molecule has 0 unspecified atom stereocenters. The van der Waals surface area contributed by atoms with Gasteiger partial charge in [-0.15, -0.1) is 0 Å². The predicted molar refractivity (Wildman–Crippen MR) is 110 cm³/mol. The maximum Gasteiger partial charge on any atom is 0.255 e. The number of carbonyl (C=O) groups excluding carboxylic acids is 3. The van der Waals surface area contributed by atoms with E-state index in [4.69, 9.17) is 4.74 Å². The van der Waals surface area contributed by atoms with Crippen LogP contribution < -0.4 is 15.0 Å². The van der Waals surface area contributed by atoms with Crippen molar-refractivity contribution in [2.45, 2.75) is 19.4 Å². The van der Waals surface area contributed by atoms with Crippen molar-refractivity contribution in [2.24, 2.45) is 0 Å². The van der Waals surface area contributed by atoms with Gasteiger partial charge in [0.15, 0.2) is 0 Å². The van der Waals surface area contributed by atoms with Gasteiger partial charge in [-0.05, 0) is 36.4 Å². The van der Waals surface area contributed by atoms with E-state index >= 15 is 0 Å². The number of carbonyl (C=O) groups is 3. The van der Waals surface area contributed by atoms with E-state index in [-0.39, 0.29) is 30.6 Å². The smallest absolute Gasteiger partial charge is 0.255 e. The monoisotopic (exact) mass is 404 g/mol. The molecular formula is C22H20N4O4. The Hall–Kier alpha value is -3.94. The van der Waals surface area contributed by atoms with Crippen molar-refractivity contribution in [3.05, 3.63) is 72.6 Å². The summed E-state index contributed by atoms with van der Waals surface area (Å²) in [6.07, 6.45) is 3.96. The second-order valence-electron chi connectivity index (χ2n) is 6.77. The summed E-state index contributed by atoms with van der Waals surface area (Å²) in [6.45, 7) is 1.06. The lowest BCUT2D eigenvalue weighted by Crippen LogP contribution is -2.28. The highest BCUT2D eigenvalue weighted by molar-refractivity contribution is 6.20. The number of nitrogens with zero attached hydrogens (tertiary/aromatic N) is 3. The van der Waals surface area contributed by atoms with Crippen molar-refractivity contribution < 1.29 is 19.1 Å². The van der Waals surface area contributed by atoms with Gasteiger partial charge in [0.05, 0.1) is 12.2 Å². The minimum absolute atomic E-state index is 0.197. The average Bonchev–Trinajstić information content (AvgIpc) is 3.38. The molecule has 30 heavy (non-hydrogen) atoms. The molecular weight excluding hydrogens is 384 g/mol. The Bertz CT molecular complexity index is 1060. The van der Waals surface area contributed by atoms with Crippen molar-refractivity contribution in [1.82, 2.24) is 9.78 Å². The van der Waals surface area contributed by atoms with E-state index < -0.39 is 0 Å². The first-order valence-electron chi connectivity index (χ1n) is 9.58. The number of nitrogens with one attached hydrogen (secondary N) is 1. The first kappa shape index (κ1) is 19.4. The summed E-state index contributed by atoms with van der Waals surface area (Å²) < 4.78 is 7.50. The van der Waals surface area contributed by atoms with Crippen molar-refractivity contribution >= 4 is 29.1 Å². The number of imide groups is 1. The van der Waals surface area contributed by atoms with Gasteiger partial charge in [-0.1, -0.05) is 12.1 Å². The molecule has 3 amide bonds. The van der Waals surface area contributed by atoms with Crippen LogP contribution in [-0.4, -0.2) is 34.1 Å². The van der Waals surface area contributed by atoms with Crippen LogP contribution in [0.5, 0.6) is 5.75 Å². The molecule has 2 heterocycles. The predicted octanol–water partition coefficient (Wildman–Crippen LogP) is 2.87. The molecule has 1 aromatic heterocycles. The lowest BCUT2D eigenvalue weighted by molar-refractivity contribution is -0.121. The fourth-order valence-electron chi connectivity index (χ4n) is 3.21. The van der Waals surface area contributed by atoms with E-state index in [0.29, 0.717) is 35.8 Å². The zero-order valence-electron chi connectivity index (χ0n) is 16.2. The highest BCUT2D eigenvalue weighted by atomic mass is 16.5. The Morgan fingerprint density at radius 2 is 1.83 bits per heavy atom. The molecule has 1 fully saturated rings. The van der Waals surface area contributed by atoms with Crippen LogP contribution in [-0.2, 0) is 16.1 Å². The molecule has 8 heteroatoms. The van der Waals surface area contributed by atoms with E-state index in [1.165, 1.54) is 0 Å². The molecule has 0 spiro atoms. The van der Waals surface area contributed by atoms with Crippen LogP contribution in [0.1, 0.15) is 23.2 Å². The second kappa shape index (κ2) is 8.60. The Balaban J connectivity index is 1.41. The zero-order chi connectivity index (χ0) is 20.9. The van der Waals surface area contributed by atoms with Gasteiger partial charge in [-0.3, -0.25) is 24.0 Å². The van der Waals surface area contributed by atoms with Gasteiger partial charge >= 0.3 is 0 Å². The van der Waals surface area contributed by atoms with E-state index in [0.717, 1.165) is 4.90 Å². The molecule has 1 aliphatic rings. The van der Waals surface area contributed by atoms with E-state index in [1.807, 2.05) is 18.3 Å². The van der Waals surface area contributed by atoms with E-state index in [2.05, 4.69) is 10.4 Å². The van der Waals surface area contributed by atoms with Crippen molar-refractivity contribution in [3.63, 3.8) is 0 Å². The molecule has 0 bridgehead atoms. The summed E-state index contributed by atoms with van der Waals surface area (Å²) in [6, 6.07) is 15.4. The van der Waals surface area contributed by atoms with Gasteiger partial charge in [-0.2, -0.15) is 5.10 Å². The molecule has 0 aliphatic carbocycles. The van der Waals surface area contributed by atoms with Crippen LogP contribution in [0.4, 0.5) is 11.4 Å². The van der Waals surface area contributed by atoms with Crippen LogP contribution >= 0.6 is 0 Å². The summed E-state index contributed by atoms with van der Waals surface area (Å²) >= 11 is 0. The van der Waals surface area contributed by atoms with Gasteiger partial charge in [0, 0.05) is 42.6 Å². The first-order chi connectivity index (χ1) is 14.6. The molecule has 0 saturated carbocycles. The number of benzene rings is 2. The number of rotatable bonds is 7. The number of aromatic nitrogens is 2. The van der Waals surface area contributed by atoms with Crippen molar-refractivity contribution in [2.75, 3.05) is 16.8 Å². The average molecular weight is 404 g/mol. The van der Waals surface area contributed by atoms with Crippen LogP contribution in [0.15, 0.2) is 67.0 Å². The molecule has 4 rings (SSSR count). The van der Waals surface area contributed by atoms with E-state index in [1.54, 1.807) is 53.3 Å². The molecule has 0 atom stereocenters. The Labute approximate surface area is 173 Å². The van der Waals surface area contributed by atoms with Gasteiger partial charge < -0.3 is 10.1 Å². The summed E-state index contributed by atoms with van der Waals surface area (Å²) in [7, 11) is 0. The molecule has 152 valence electrons. The summed E-state index contributed by atoms with van der Waals surface area (Å²) in [5, 5.41) is 6.93. The fourth-order valence-corrected chi connectivity index (χ4v) is 3.21. The summed E-state index contributed by atoms with van der Waals surface area (Å²) in [5.74, 6) is -0.221. The van der Waals surface area contributed by atoms with Gasteiger partial charge in [0.2, 0.25) is 11.8 Å². The number of hydrogen-bond acceptors (Lipinski definition) is 5. The maximum atomic E-state index is 12.7. The van der Waals surface area contributed by atoms with Gasteiger partial charge in [0.25, 0.3) is 5.91 Å². The van der Waals surface area contributed by atoms with Gasteiger partial charge in [0.1, 0.15) is 12.4 Å². The van der Waals surface area contributed by atoms with Crippen LogP contribution in [0.25, 0.3) is 0 Å². The minimum atomic E-state index is -0.343. The third-order valence-electron chi connectivity index (χ3n) is 4.66. The molecule has 1 saturated heterocycles. The van der Waals surface area contributed by atoms with Crippen LogP contribution in [0.3, 0.4) is 0 Å². The largest absolute Gasteiger partial charge is 0.492 e. The van der Waals surface area contributed by atoms with Crippen LogP contribution in [0, 0.1) is 0 Å². The van der Waals surface area contributed by atoms with Crippen LogP contribution in [0.2, 0.25) is 0 Å². The highest BCUT2D eigenvalue weighted by Gasteiger charge is 2.30. The molecule has 3 aromatic rings. The number of amides is 3. The normalized spacial score (nSPS) is 13.5. The fraction of sp³-hybridized carbons (Fsp3) is 0.182. The quantitative estimate of drug-likeness (QED) is 0.611. The standard InChI is InChI=1S/C22H20N4O4/c27-20-8-9-21(28)26(20)18-6-1-4-16(14-18)22(29)24-17-5-2-7-19(15-17)30-13-12-25-11-3-10-23-25/h1-7,10-11,14-15H,8-9,12-13H2,(H,24,29). The summed E-state index contributed by atoms with van der Waals surface area (Å²) in [5.41, 5.74) is 1.34. The molecule has 1 aliphatic heterocycles. The molecule has 1 N–H and O–H groups in total. The number of anilines is 2. The summed E-state index contributed by atoms with van der Waals surface area (Å²) in [4.78, 5) is 37.7. The third-order valence-corrected chi connectivity index (χ3v) is 4.66. The number of ether oxygens (including phenoxy) is 1.